The van der Waals surface area contributed by atoms with Gasteiger partial charge in [0.25, 0.3) is 0 Å². The van der Waals surface area contributed by atoms with Crippen LogP contribution in [-0.4, -0.2) is 15.0 Å². The van der Waals surface area contributed by atoms with E-state index in [9.17, 15) is 0 Å². The van der Waals surface area contributed by atoms with Gasteiger partial charge in [-0.05, 0) is 85.9 Å². The van der Waals surface area contributed by atoms with E-state index in [1.807, 2.05) is 60.7 Å². The standard InChI is InChI=1S/C45H26ClN3O/c46-33-21-22-40-39(26-33)42-35(15-8-16-41(42)50-40)30-19-17-27-18-20-31(24-32(27)23-30)44-47-43(28-9-2-1-3-10-28)48-45(49-44)38-25-29-11-4-5-12-34(29)36-13-6-7-14-37(36)38/h1-26H. The summed E-state index contributed by atoms with van der Waals surface area (Å²) in [5.74, 6) is 1.90. The third-order valence-electron chi connectivity index (χ3n) is 9.54. The Kier molecular flexibility index (Phi) is 6.51. The molecule has 2 aromatic heterocycles. The highest BCUT2D eigenvalue weighted by molar-refractivity contribution is 6.32. The minimum Gasteiger partial charge on any atom is -0.456 e. The van der Waals surface area contributed by atoms with Crippen LogP contribution in [0.15, 0.2) is 162 Å². The molecule has 0 radical (unpaired) electrons. The van der Waals surface area contributed by atoms with Crippen LogP contribution in [0.4, 0.5) is 0 Å². The van der Waals surface area contributed by atoms with Crippen LogP contribution in [0.1, 0.15) is 0 Å². The lowest BCUT2D eigenvalue weighted by atomic mass is 9.96. The van der Waals surface area contributed by atoms with Crippen LogP contribution in [0.25, 0.3) is 99.5 Å². The van der Waals surface area contributed by atoms with Gasteiger partial charge in [-0.25, -0.2) is 15.0 Å². The first kappa shape index (κ1) is 28.6. The second-order valence-corrected chi connectivity index (χ2v) is 13.0. The van der Waals surface area contributed by atoms with Crippen molar-refractivity contribution < 1.29 is 4.42 Å². The molecule has 0 aliphatic carbocycles. The predicted octanol–water partition coefficient (Wildman–Crippen LogP) is 12.6. The predicted molar refractivity (Wildman–Crippen MR) is 206 cm³/mol. The van der Waals surface area contributed by atoms with Crippen LogP contribution in [0.3, 0.4) is 0 Å². The Hall–Kier alpha value is -6.36. The molecule has 10 aromatic rings. The van der Waals surface area contributed by atoms with Crippen LogP contribution in [-0.2, 0) is 0 Å². The van der Waals surface area contributed by atoms with Gasteiger partial charge < -0.3 is 4.42 Å². The fourth-order valence-electron chi connectivity index (χ4n) is 7.17. The topological polar surface area (TPSA) is 51.8 Å². The van der Waals surface area contributed by atoms with Crippen molar-refractivity contribution in [1.29, 1.82) is 0 Å². The fraction of sp³-hybridized carbons (Fsp3) is 0. The molecule has 234 valence electrons. The molecule has 0 atom stereocenters. The van der Waals surface area contributed by atoms with Gasteiger partial charge >= 0.3 is 0 Å². The SMILES string of the molecule is Clc1ccc2oc3cccc(-c4ccc5ccc(-c6nc(-c7ccccc7)nc(-c7cc8ccccc8c8ccccc78)n6)cc5c4)c3c2c1. The van der Waals surface area contributed by atoms with Gasteiger partial charge in [-0.3, -0.25) is 0 Å². The summed E-state index contributed by atoms with van der Waals surface area (Å²) in [5, 5.41) is 9.58. The number of benzene rings is 8. The highest BCUT2D eigenvalue weighted by Gasteiger charge is 2.17. The van der Waals surface area contributed by atoms with Crippen molar-refractivity contribution in [3.63, 3.8) is 0 Å². The Bertz CT molecular complexity index is 2950. The summed E-state index contributed by atoms with van der Waals surface area (Å²) in [4.78, 5) is 15.3. The molecule has 0 saturated heterocycles. The molecule has 0 bridgehead atoms. The molecule has 0 unspecified atom stereocenters. The van der Waals surface area contributed by atoms with E-state index in [1.54, 1.807) is 0 Å². The Morgan fingerprint density at radius 3 is 1.94 bits per heavy atom. The van der Waals surface area contributed by atoms with E-state index in [1.165, 1.54) is 10.8 Å². The molecule has 0 spiro atoms. The quantitative estimate of drug-likeness (QED) is 0.176. The van der Waals surface area contributed by atoms with E-state index in [-0.39, 0.29) is 0 Å². The molecular weight excluding hydrogens is 634 g/mol. The normalized spacial score (nSPS) is 11.7. The minimum absolute atomic E-state index is 0.621. The molecule has 0 N–H and O–H groups in total. The third kappa shape index (κ3) is 4.73. The molecule has 0 fully saturated rings. The number of fused-ring (bicyclic) bond motifs is 7. The molecule has 0 saturated carbocycles. The van der Waals surface area contributed by atoms with E-state index < -0.39 is 0 Å². The maximum absolute atomic E-state index is 6.42. The zero-order valence-electron chi connectivity index (χ0n) is 26.6. The average molecular weight is 660 g/mol. The molecule has 2 heterocycles. The van der Waals surface area contributed by atoms with Gasteiger partial charge in [0.2, 0.25) is 0 Å². The van der Waals surface area contributed by atoms with E-state index >= 15 is 0 Å². The summed E-state index contributed by atoms with van der Waals surface area (Å²) in [6.45, 7) is 0. The van der Waals surface area contributed by atoms with Crippen molar-refractivity contribution >= 4 is 65.9 Å². The highest BCUT2D eigenvalue weighted by Crippen LogP contribution is 2.39. The Labute approximate surface area is 292 Å². The van der Waals surface area contributed by atoms with Crippen LogP contribution < -0.4 is 0 Å². The number of hydrogen-bond acceptors (Lipinski definition) is 4. The van der Waals surface area contributed by atoms with Gasteiger partial charge in [-0.2, -0.15) is 0 Å². The van der Waals surface area contributed by atoms with E-state index in [2.05, 4.69) is 97.1 Å². The number of furan rings is 1. The van der Waals surface area contributed by atoms with Gasteiger partial charge in [0, 0.05) is 32.5 Å². The Morgan fingerprint density at radius 2 is 1.08 bits per heavy atom. The van der Waals surface area contributed by atoms with Crippen LogP contribution >= 0.6 is 11.6 Å². The molecular formula is C45H26ClN3O. The Morgan fingerprint density at radius 1 is 0.380 bits per heavy atom. The number of hydrogen-bond donors (Lipinski definition) is 0. The van der Waals surface area contributed by atoms with E-state index in [0.717, 1.165) is 71.3 Å². The van der Waals surface area contributed by atoms with Crippen molar-refractivity contribution in [3.8, 4) is 45.3 Å². The molecule has 0 amide bonds. The molecule has 5 heteroatoms. The van der Waals surface area contributed by atoms with Crippen molar-refractivity contribution in [1.82, 2.24) is 15.0 Å². The van der Waals surface area contributed by atoms with Crippen molar-refractivity contribution in [2.24, 2.45) is 0 Å². The number of nitrogens with zero attached hydrogens (tertiary/aromatic N) is 3. The summed E-state index contributed by atoms with van der Waals surface area (Å²) in [6, 6.07) is 54.2. The van der Waals surface area contributed by atoms with Crippen LogP contribution in [0, 0.1) is 0 Å². The first-order chi connectivity index (χ1) is 24.7. The van der Waals surface area contributed by atoms with Gasteiger partial charge in [-0.15, -0.1) is 0 Å². The minimum atomic E-state index is 0.621. The third-order valence-corrected chi connectivity index (χ3v) is 9.78. The summed E-state index contributed by atoms with van der Waals surface area (Å²) in [5.41, 5.74) is 6.66. The molecule has 8 aromatic carbocycles. The van der Waals surface area contributed by atoms with Crippen molar-refractivity contribution in [3.05, 3.63) is 163 Å². The van der Waals surface area contributed by atoms with Gasteiger partial charge in [0.15, 0.2) is 17.5 Å². The molecule has 0 aliphatic rings. The van der Waals surface area contributed by atoms with Crippen LogP contribution in [0.5, 0.6) is 0 Å². The number of halogens is 1. The second-order valence-electron chi connectivity index (χ2n) is 12.6. The second kappa shape index (κ2) is 11.4. The zero-order chi connectivity index (χ0) is 33.2. The zero-order valence-corrected chi connectivity index (χ0v) is 27.4. The first-order valence-corrected chi connectivity index (χ1v) is 16.9. The molecule has 4 nitrogen and oxygen atoms in total. The number of rotatable bonds is 4. The maximum Gasteiger partial charge on any atom is 0.164 e. The van der Waals surface area contributed by atoms with E-state index in [4.69, 9.17) is 31.0 Å². The summed E-state index contributed by atoms with van der Waals surface area (Å²) >= 11 is 6.42. The van der Waals surface area contributed by atoms with E-state index in [0.29, 0.717) is 22.5 Å². The summed E-state index contributed by atoms with van der Waals surface area (Å²) in [6.07, 6.45) is 0. The van der Waals surface area contributed by atoms with Crippen molar-refractivity contribution in [2.45, 2.75) is 0 Å². The summed E-state index contributed by atoms with van der Waals surface area (Å²) in [7, 11) is 0. The highest BCUT2D eigenvalue weighted by atomic mass is 35.5. The van der Waals surface area contributed by atoms with Crippen LogP contribution in [0.2, 0.25) is 5.02 Å². The largest absolute Gasteiger partial charge is 0.456 e. The first-order valence-electron chi connectivity index (χ1n) is 16.5. The monoisotopic (exact) mass is 659 g/mol. The van der Waals surface area contributed by atoms with Gasteiger partial charge in [0.1, 0.15) is 11.2 Å². The molecule has 50 heavy (non-hydrogen) atoms. The number of aromatic nitrogens is 3. The molecule has 0 aliphatic heterocycles. The van der Waals surface area contributed by atoms with Crippen molar-refractivity contribution in [2.75, 3.05) is 0 Å². The summed E-state index contributed by atoms with van der Waals surface area (Å²) < 4.78 is 6.20. The van der Waals surface area contributed by atoms with Gasteiger partial charge in [-0.1, -0.05) is 127 Å². The lowest BCUT2D eigenvalue weighted by Crippen LogP contribution is -2.00. The Balaban J connectivity index is 1.17. The lowest BCUT2D eigenvalue weighted by molar-refractivity contribution is 0.669. The maximum atomic E-state index is 6.42. The lowest BCUT2D eigenvalue weighted by Gasteiger charge is -2.13. The average Bonchev–Trinajstić information content (AvgIpc) is 3.55. The molecule has 10 rings (SSSR count). The smallest absolute Gasteiger partial charge is 0.164 e. The van der Waals surface area contributed by atoms with Gasteiger partial charge in [0.05, 0.1) is 0 Å². The fourth-order valence-corrected chi connectivity index (χ4v) is 7.35.